The second kappa shape index (κ2) is 5.87. The molecule has 4 nitrogen and oxygen atoms in total. The summed E-state index contributed by atoms with van der Waals surface area (Å²) in [4.78, 5) is 5.17. The molecule has 0 saturated carbocycles. The summed E-state index contributed by atoms with van der Waals surface area (Å²) in [5.74, 6) is 0. The van der Waals surface area contributed by atoms with E-state index in [1.807, 2.05) is 21.0 Å². The molecule has 2 heterocycles. The number of hydrogen-bond acceptors (Lipinski definition) is 4. The minimum absolute atomic E-state index is 0.477. The quantitative estimate of drug-likeness (QED) is 0.533. The lowest BCUT2D eigenvalue weighted by Gasteiger charge is -2.16. The topological polar surface area (TPSA) is 32.9 Å². The number of aryl methyl sites for hydroxylation is 1. The largest absolute Gasteiger partial charge is 0.288 e. The predicted molar refractivity (Wildman–Crippen MR) is 89.9 cm³/mol. The van der Waals surface area contributed by atoms with Gasteiger partial charge >= 0.3 is 0 Å². The van der Waals surface area contributed by atoms with Crippen LogP contribution in [0.3, 0.4) is 0 Å². The lowest BCUT2D eigenvalue weighted by atomic mass is 10.2. The lowest BCUT2D eigenvalue weighted by Crippen LogP contribution is -2.15. The van der Waals surface area contributed by atoms with Gasteiger partial charge in [0.25, 0.3) is 0 Å². The summed E-state index contributed by atoms with van der Waals surface area (Å²) in [5, 5.41) is 8.93. The van der Waals surface area contributed by atoms with Crippen molar-refractivity contribution in [3.63, 3.8) is 0 Å². The monoisotopic (exact) mass is 318 g/mol. The van der Waals surface area contributed by atoms with Crippen molar-refractivity contribution in [1.82, 2.24) is 9.38 Å². The van der Waals surface area contributed by atoms with E-state index in [1.54, 1.807) is 17.6 Å². The zero-order valence-corrected chi connectivity index (χ0v) is 13.4. The first-order valence-electron chi connectivity index (χ1n) is 6.68. The zero-order valence-electron chi connectivity index (χ0n) is 11.8. The molecule has 0 fully saturated rings. The van der Waals surface area contributed by atoms with Crippen molar-refractivity contribution < 1.29 is 0 Å². The van der Waals surface area contributed by atoms with Gasteiger partial charge in [-0.3, -0.25) is 9.41 Å². The minimum Gasteiger partial charge on any atom is -0.288 e. The summed E-state index contributed by atoms with van der Waals surface area (Å²) in [6, 6.07) is 8.29. The van der Waals surface area contributed by atoms with Crippen LogP contribution in [-0.2, 0) is 0 Å². The van der Waals surface area contributed by atoms with Crippen molar-refractivity contribution in [3.05, 3.63) is 52.3 Å². The van der Waals surface area contributed by atoms with E-state index in [1.165, 1.54) is 5.56 Å². The highest BCUT2D eigenvalue weighted by Gasteiger charge is 2.09. The number of fused-ring (bicyclic) bond motifs is 1. The SMILES string of the molecule is CCN(/N=C\c1c(Cl)nc2sccn12)c1ccc(C)cc1. The van der Waals surface area contributed by atoms with Gasteiger partial charge in [0.2, 0.25) is 0 Å². The van der Waals surface area contributed by atoms with E-state index < -0.39 is 0 Å². The highest BCUT2D eigenvalue weighted by Crippen LogP contribution is 2.20. The summed E-state index contributed by atoms with van der Waals surface area (Å²) in [6.07, 6.45) is 3.71. The number of hydrogen-bond donors (Lipinski definition) is 0. The van der Waals surface area contributed by atoms with Gasteiger partial charge in [-0.05, 0) is 26.0 Å². The van der Waals surface area contributed by atoms with Crippen LogP contribution in [0, 0.1) is 6.92 Å². The third-order valence-electron chi connectivity index (χ3n) is 3.21. The molecule has 6 heteroatoms. The van der Waals surface area contributed by atoms with Crippen molar-refractivity contribution in [3.8, 4) is 0 Å². The number of thiazole rings is 1. The van der Waals surface area contributed by atoms with Crippen LogP contribution in [0.2, 0.25) is 5.15 Å². The second-order valence-electron chi connectivity index (χ2n) is 4.64. The van der Waals surface area contributed by atoms with Crippen molar-refractivity contribution >= 4 is 39.8 Å². The summed E-state index contributed by atoms with van der Waals surface area (Å²) in [5.41, 5.74) is 3.10. The van der Waals surface area contributed by atoms with Crippen LogP contribution in [0.1, 0.15) is 18.2 Å². The molecule has 3 rings (SSSR count). The first-order chi connectivity index (χ1) is 10.2. The van der Waals surface area contributed by atoms with Gasteiger partial charge in [-0.2, -0.15) is 5.10 Å². The van der Waals surface area contributed by atoms with E-state index in [4.69, 9.17) is 11.6 Å². The average Bonchev–Trinajstić information content (AvgIpc) is 3.03. The molecular weight excluding hydrogens is 304 g/mol. The highest BCUT2D eigenvalue weighted by atomic mass is 35.5. The van der Waals surface area contributed by atoms with Gasteiger partial charge in [0.05, 0.1) is 11.9 Å². The standard InChI is InChI=1S/C15H15ClN4S/c1-3-20(12-6-4-11(2)5-7-12)17-10-13-14(16)18-15-19(13)8-9-21-15/h4-10H,3H2,1-2H3/b17-10-. The third-order valence-corrected chi connectivity index (χ3v) is 4.24. The first kappa shape index (κ1) is 14.1. The smallest absolute Gasteiger partial charge is 0.195 e. The molecule has 0 atom stereocenters. The maximum atomic E-state index is 6.17. The minimum atomic E-state index is 0.477. The van der Waals surface area contributed by atoms with E-state index in [0.717, 1.165) is 22.9 Å². The number of hydrazone groups is 1. The van der Waals surface area contributed by atoms with Crippen molar-refractivity contribution in [2.24, 2.45) is 5.10 Å². The molecule has 0 N–H and O–H groups in total. The number of nitrogens with zero attached hydrogens (tertiary/aromatic N) is 4. The van der Waals surface area contributed by atoms with Crippen LogP contribution in [0.5, 0.6) is 0 Å². The molecule has 21 heavy (non-hydrogen) atoms. The molecule has 2 aromatic heterocycles. The van der Waals surface area contributed by atoms with Crippen molar-refractivity contribution in [1.29, 1.82) is 0 Å². The van der Waals surface area contributed by atoms with Gasteiger partial charge < -0.3 is 0 Å². The molecule has 0 spiro atoms. The third kappa shape index (κ3) is 2.80. The van der Waals surface area contributed by atoms with Crippen LogP contribution in [-0.4, -0.2) is 22.1 Å². The molecule has 3 aromatic rings. The number of imidazole rings is 1. The first-order valence-corrected chi connectivity index (χ1v) is 7.94. The number of benzene rings is 1. The Balaban J connectivity index is 1.91. The van der Waals surface area contributed by atoms with E-state index in [-0.39, 0.29) is 0 Å². The second-order valence-corrected chi connectivity index (χ2v) is 5.87. The Morgan fingerprint density at radius 1 is 1.38 bits per heavy atom. The van der Waals surface area contributed by atoms with Crippen LogP contribution in [0.4, 0.5) is 5.69 Å². The van der Waals surface area contributed by atoms with Gasteiger partial charge in [0, 0.05) is 18.1 Å². The van der Waals surface area contributed by atoms with E-state index in [9.17, 15) is 0 Å². The summed E-state index contributed by atoms with van der Waals surface area (Å²) in [7, 11) is 0. The summed E-state index contributed by atoms with van der Waals surface area (Å²) >= 11 is 7.72. The number of rotatable bonds is 4. The highest BCUT2D eigenvalue weighted by molar-refractivity contribution is 7.15. The Labute approximate surface area is 132 Å². The number of anilines is 1. The van der Waals surface area contributed by atoms with Crippen molar-refractivity contribution in [2.45, 2.75) is 13.8 Å². The Hall–Kier alpha value is -1.85. The van der Waals surface area contributed by atoms with Crippen LogP contribution < -0.4 is 5.01 Å². The van der Waals surface area contributed by atoms with Gasteiger partial charge in [-0.15, -0.1) is 11.3 Å². The van der Waals surface area contributed by atoms with Crippen molar-refractivity contribution in [2.75, 3.05) is 11.6 Å². The molecule has 0 amide bonds. The summed E-state index contributed by atoms with van der Waals surface area (Å²) in [6.45, 7) is 4.92. The Morgan fingerprint density at radius 3 is 2.86 bits per heavy atom. The van der Waals surface area contributed by atoms with Crippen LogP contribution in [0.25, 0.3) is 4.96 Å². The molecule has 0 aliphatic heterocycles. The molecule has 1 aromatic carbocycles. The Bertz CT molecular complexity index is 773. The van der Waals surface area contributed by atoms with Gasteiger partial charge in [0.1, 0.15) is 5.69 Å². The maximum Gasteiger partial charge on any atom is 0.195 e. The summed E-state index contributed by atoms with van der Waals surface area (Å²) < 4.78 is 1.94. The fraction of sp³-hybridized carbons (Fsp3) is 0.200. The van der Waals surface area contributed by atoms with Gasteiger partial charge in [0.15, 0.2) is 10.1 Å². The van der Waals surface area contributed by atoms with E-state index >= 15 is 0 Å². The van der Waals surface area contributed by atoms with E-state index in [0.29, 0.717) is 5.15 Å². The molecule has 0 bridgehead atoms. The maximum absolute atomic E-state index is 6.17. The molecule has 108 valence electrons. The Kier molecular flexibility index (Phi) is 3.94. The van der Waals surface area contributed by atoms with Gasteiger partial charge in [-0.1, -0.05) is 29.3 Å². The fourth-order valence-corrected chi connectivity index (χ4v) is 3.06. The number of aromatic nitrogens is 2. The predicted octanol–water partition coefficient (Wildman–Crippen LogP) is 4.22. The molecule has 0 saturated heterocycles. The zero-order chi connectivity index (χ0) is 14.8. The molecule has 0 aliphatic carbocycles. The normalized spacial score (nSPS) is 11.6. The Morgan fingerprint density at radius 2 is 2.14 bits per heavy atom. The number of halogens is 1. The van der Waals surface area contributed by atoms with E-state index in [2.05, 4.69) is 48.2 Å². The molecular formula is C15H15ClN4S. The van der Waals surface area contributed by atoms with Crippen LogP contribution in [0.15, 0.2) is 40.9 Å². The van der Waals surface area contributed by atoms with Crippen LogP contribution >= 0.6 is 22.9 Å². The fourth-order valence-electron chi connectivity index (χ4n) is 2.06. The molecule has 0 aliphatic rings. The van der Waals surface area contributed by atoms with Gasteiger partial charge in [-0.25, -0.2) is 4.98 Å². The molecule has 0 radical (unpaired) electrons. The average molecular weight is 319 g/mol. The lowest BCUT2D eigenvalue weighted by molar-refractivity contribution is 0.896. The molecule has 0 unspecified atom stereocenters.